The molecule has 138 valence electrons. The molecule has 1 aromatic heterocycles. The summed E-state index contributed by atoms with van der Waals surface area (Å²) in [6.07, 6.45) is 5.00. The third-order valence-corrected chi connectivity index (χ3v) is 4.71. The lowest BCUT2D eigenvalue weighted by Gasteiger charge is -2.29. The quantitative estimate of drug-likeness (QED) is 0.538. The number of piperazine rings is 1. The maximum atomic E-state index is 5.36. The summed E-state index contributed by atoms with van der Waals surface area (Å²) in [6, 6.07) is 14.5. The first-order chi connectivity index (χ1) is 13.3. The van der Waals surface area contributed by atoms with Crippen LogP contribution < -0.4 is 15.6 Å². The van der Waals surface area contributed by atoms with Gasteiger partial charge in [0.2, 0.25) is 0 Å². The molecule has 27 heavy (non-hydrogen) atoms. The van der Waals surface area contributed by atoms with Crippen molar-refractivity contribution in [1.29, 1.82) is 0 Å². The SMILES string of the molecule is Cc1cc(N/N=C/c2ccc(N3CCNCC3)cc2)ccc1-c1cnco1. The monoisotopic (exact) mass is 361 g/mol. The molecule has 3 aromatic rings. The zero-order valence-electron chi connectivity index (χ0n) is 15.4. The first kappa shape index (κ1) is 17.3. The molecule has 0 atom stereocenters. The van der Waals surface area contributed by atoms with Gasteiger partial charge < -0.3 is 14.6 Å². The molecule has 1 saturated heterocycles. The maximum Gasteiger partial charge on any atom is 0.181 e. The summed E-state index contributed by atoms with van der Waals surface area (Å²) >= 11 is 0. The predicted molar refractivity (Wildman–Crippen MR) is 109 cm³/mol. The fourth-order valence-corrected chi connectivity index (χ4v) is 3.23. The van der Waals surface area contributed by atoms with Crippen LogP contribution in [0.25, 0.3) is 11.3 Å². The Morgan fingerprint density at radius 3 is 2.67 bits per heavy atom. The number of hydrazone groups is 1. The number of aromatic nitrogens is 1. The summed E-state index contributed by atoms with van der Waals surface area (Å²) in [6.45, 7) is 6.24. The van der Waals surface area contributed by atoms with Crippen LogP contribution in [-0.2, 0) is 0 Å². The second-order valence-corrected chi connectivity index (χ2v) is 6.59. The molecule has 2 heterocycles. The Balaban J connectivity index is 1.38. The van der Waals surface area contributed by atoms with Gasteiger partial charge in [0.15, 0.2) is 12.2 Å². The third kappa shape index (κ3) is 4.17. The minimum atomic E-state index is 0.770. The average molecular weight is 361 g/mol. The maximum absolute atomic E-state index is 5.36. The number of aryl methyl sites for hydroxylation is 1. The summed E-state index contributed by atoms with van der Waals surface area (Å²) in [4.78, 5) is 6.37. The van der Waals surface area contributed by atoms with Gasteiger partial charge in [-0.25, -0.2) is 4.98 Å². The smallest absolute Gasteiger partial charge is 0.181 e. The summed E-state index contributed by atoms with van der Waals surface area (Å²) in [5.41, 5.74) is 8.49. The fourth-order valence-electron chi connectivity index (χ4n) is 3.23. The molecule has 6 heteroatoms. The number of hydrogen-bond acceptors (Lipinski definition) is 6. The molecular formula is C21H23N5O. The van der Waals surface area contributed by atoms with E-state index in [1.54, 1.807) is 6.20 Å². The van der Waals surface area contributed by atoms with E-state index >= 15 is 0 Å². The first-order valence-corrected chi connectivity index (χ1v) is 9.14. The van der Waals surface area contributed by atoms with E-state index < -0.39 is 0 Å². The van der Waals surface area contributed by atoms with Crippen LogP contribution in [0, 0.1) is 6.92 Å². The van der Waals surface area contributed by atoms with Crippen LogP contribution in [-0.4, -0.2) is 37.4 Å². The Bertz CT molecular complexity index is 897. The summed E-state index contributed by atoms with van der Waals surface area (Å²) in [5.74, 6) is 0.770. The second-order valence-electron chi connectivity index (χ2n) is 6.59. The van der Waals surface area contributed by atoms with Crippen molar-refractivity contribution < 1.29 is 4.42 Å². The van der Waals surface area contributed by atoms with E-state index in [0.717, 1.165) is 54.3 Å². The van der Waals surface area contributed by atoms with Crippen molar-refractivity contribution in [1.82, 2.24) is 10.3 Å². The van der Waals surface area contributed by atoms with Gasteiger partial charge in [0.05, 0.1) is 18.1 Å². The second kappa shape index (κ2) is 8.05. The van der Waals surface area contributed by atoms with E-state index in [1.165, 1.54) is 12.1 Å². The van der Waals surface area contributed by atoms with E-state index in [0.29, 0.717) is 0 Å². The highest BCUT2D eigenvalue weighted by Gasteiger charge is 2.09. The molecule has 1 aliphatic rings. The van der Waals surface area contributed by atoms with Crippen LogP contribution in [0.4, 0.5) is 11.4 Å². The highest BCUT2D eigenvalue weighted by Crippen LogP contribution is 2.25. The zero-order valence-corrected chi connectivity index (χ0v) is 15.4. The third-order valence-electron chi connectivity index (χ3n) is 4.71. The van der Waals surface area contributed by atoms with Gasteiger partial charge in [-0.15, -0.1) is 0 Å². The Hall–Kier alpha value is -3.12. The average Bonchev–Trinajstić information content (AvgIpc) is 3.24. The van der Waals surface area contributed by atoms with Gasteiger partial charge in [-0.05, 0) is 48.4 Å². The van der Waals surface area contributed by atoms with Crippen LogP contribution >= 0.6 is 0 Å². The number of rotatable bonds is 5. The van der Waals surface area contributed by atoms with Crippen molar-refractivity contribution >= 4 is 17.6 Å². The van der Waals surface area contributed by atoms with Gasteiger partial charge in [-0.1, -0.05) is 12.1 Å². The minimum Gasteiger partial charge on any atom is -0.444 e. The van der Waals surface area contributed by atoms with Crippen molar-refractivity contribution in [3.05, 3.63) is 66.2 Å². The highest BCUT2D eigenvalue weighted by molar-refractivity contribution is 5.81. The van der Waals surface area contributed by atoms with Crippen molar-refractivity contribution in [2.75, 3.05) is 36.5 Å². The molecule has 0 aliphatic carbocycles. The summed E-state index contributed by atoms with van der Waals surface area (Å²) in [5, 5.41) is 7.73. The Morgan fingerprint density at radius 2 is 1.96 bits per heavy atom. The van der Waals surface area contributed by atoms with Crippen molar-refractivity contribution in [3.8, 4) is 11.3 Å². The van der Waals surface area contributed by atoms with Gasteiger partial charge in [0, 0.05) is 37.4 Å². The lowest BCUT2D eigenvalue weighted by atomic mass is 10.1. The normalized spacial score (nSPS) is 14.6. The van der Waals surface area contributed by atoms with E-state index in [2.05, 4.69) is 50.0 Å². The molecule has 0 unspecified atom stereocenters. The number of oxazole rings is 1. The molecule has 4 rings (SSSR count). The number of nitrogens with zero attached hydrogens (tertiary/aromatic N) is 3. The van der Waals surface area contributed by atoms with Gasteiger partial charge in [-0.3, -0.25) is 5.43 Å². The Kier molecular flexibility index (Phi) is 5.16. The molecular weight excluding hydrogens is 338 g/mol. The predicted octanol–water partition coefficient (Wildman–Crippen LogP) is 3.51. The molecule has 1 fully saturated rings. The highest BCUT2D eigenvalue weighted by atomic mass is 16.3. The van der Waals surface area contributed by atoms with Gasteiger partial charge in [0.25, 0.3) is 0 Å². The first-order valence-electron chi connectivity index (χ1n) is 9.14. The fraction of sp³-hybridized carbons (Fsp3) is 0.238. The summed E-state index contributed by atoms with van der Waals surface area (Å²) < 4.78 is 5.36. The van der Waals surface area contributed by atoms with Crippen LogP contribution in [0.5, 0.6) is 0 Å². The molecule has 0 radical (unpaired) electrons. The van der Waals surface area contributed by atoms with Gasteiger partial charge >= 0.3 is 0 Å². The van der Waals surface area contributed by atoms with E-state index in [1.807, 2.05) is 31.3 Å². The molecule has 0 spiro atoms. The number of anilines is 2. The molecule has 0 saturated carbocycles. The molecule has 1 aliphatic heterocycles. The number of benzene rings is 2. The zero-order chi connectivity index (χ0) is 18.5. The molecule has 2 aromatic carbocycles. The van der Waals surface area contributed by atoms with Crippen LogP contribution in [0.2, 0.25) is 0 Å². The Labute approximate surface area is 158 Å². The number of nitrogens with one attached hydrogen (secondary N) is 2. The topological polar surface area (TPSA) is 65.7 Å². The van der Waals surface area contributed by atoms with E-state index in [-0.39, 0.29) is 0 Å². The standard InChI is InChI=1S/C21H23N5O/c1-16-12-18(4-7-20(16)21-14-23-15-27-21)25-24-13-17-2-5-19(6-3-17)26-10-8-22-9-11-26/h2-7,12-15,22,25H,8-11H2,1H3/b24-13+. The largest absolute Gasteiger partial charge is 0.444 e. The van der Waals surface area contributed by atoms with E-state index in [9.17, 15) is 0 Å². The van der Waals surface area contributed by atoms with Crippen molar-refractivity contribution in [3.63, 3.8) is 0 Å². The lowest BCUT2D eigenvalue weighted by Crippen LogP contribution is -2.43. The van der Waals surface area contributed by atoms with Crippen LogP contribution in [0.1, 0.15) is 11.1 Å². The van der Waals surface area contributed by atoms with Crippen LogP contribution in [0.3, 0.4) is 0 Å². The summed E-state index contributed by atoms with van der Waals surface area (Å²) in [7, 11) is 0. The minimum absolute atomic E-state index is 0.770. The molecule has 2 N–H and O–H groups in total. The lowest BCUT2D eigenvalue weighted by molar-refractivity contribution is 0.571. The molecule has 6 nitrogen and oxygen atoms in total. The number of hydrogen-bond donors (Lipinski definition) is 2. The van der Waals surface area contributed by atoms with Gasteiger partial charge in [-0.2, -0.15) is 5.10 Å². The van der Waals surface area contributed by atoms with Crippen molar-refractivity contribution in [2.45, 2.75) is 6.92 Å². The van der Waals surface area contributed by atoms with Gasteiger partial charge in [0.1, 0.15) is 0 Å². The van der Waals surface area contributed by atoms with E-state index in [4.69, 9.17) is 4.42 Å². The Morgan fingerprint density at radius 1 is 1.15 bits per heavy atom. The molecule has 0 amide bonds. The van der Waals surface area contributed by atoms with Crippen LogP contribution in [0.15, 0.2) is 64.6 Å². The molecule has 0 bridgehead atoms. The van der Waals surface area contributed by atoms with Crippen molar-refractivity contribution in [2.24, 2.45) is 5.10 Å².